The van der Waals surface area contributed by atoms with Crippen LogP contribution in [0.5, 0.6) is 0 Å². The Bertz CT molecular complexity index is 424. The van der Waals surface area contributed by atoms with Crippen LogP contribution in [0.25, 0.3) is 0 Å². The minimum absolute atomic E-state index is 0.109. The molecular weight excluding hydrogens is 386 g/mol. The molecule has 0 bridgehead atoms. The first kappa shape index (κ1) is 28.1. The van der Waals surface area contributed by atoms with Crippen molar-refractivity contribution in [3.05, 3.63) is 0 Å². The summed E-state index contributed by atoms with van der Waals surface area (Å²) in [4.78, 5) is 24.3. The number of alkyl carbamates (subject to hydrolysis) is 1. The lowest BCUT2D eigenvalue weighted by Crippen LogP contribution is -2.43. The van der Waals surface area contributed by atoms with E-state index in [1.54, 1.807) is 11.8 Å². The fourth-order valence-electron chi connectivity index (χ4n) is 2.81. The standard InChI is InChI=1S/C23H45NO4S/c1-6-7-8-9-10-11-12-13-14-15-17-27-21(25)20(16-18-29-5)24-22(26)28-19-23(2,3)4/h20H,6-19H2,1-5H3,(H,24,26). The van der Waals surface area contributed by atoms with E-state index in [9.17, 15) is 9.59 Å². The maximum absolute atomic E-state index is 12.3. The van der Waals surface area contributed by atoms with Crippen LogP contribution in [-0.4, -0.2) is 43.3 Å². The van der Waals surface area contributed by atoms with Gasteiger partial charge >= 0.3 is 12.1 Å². The van der Waals surface area contributed by atoms with Gasteiger partial charge in [0, 0.05) is 0 Å². The number of ether oxygens (including phenoxy) is 2. The van der Waals surface area contributed by atoms with Gasteiger partial charge in [-0.1, -0.05) is 85.5 Å². The molecule has 0 aromatic rings. The Morgan fingerprint density at radius 2 is 1.45 bits per heavy atom. The molecule has 1 amide bonds. The largest absolute Gasteiger partial charge is 0.464 e. The van der Waals surface area contributed by atoms with Gasteiger partial charge in [0.2, 0.25) is 0 Å². The summed E-state index contributed by atoms with van der Waals surface area (Å²) < 4.78 is 10.6. The summed E-state index contributed by atoms with van der Waals surface area (Å²) >= 11 is 1.64. The molecule has 5 nitrogen and oxygen atoms in total. The molecule has 0 fully saturated rings. The van der Waals surface area contributed by atoms with Crippen molar-refractivity contribution in [3.63, 3.8) is 0 Å². The van der Waals surface area contributed by atoms with E-state index in [-0.39, 0.29) is 11.4 Å². The van der Waals surface area contributed by atoms with Gasteiger partial charge in [0.25, 0.3) is 0 Å². The van der Waals surface area contributed by atoms with Crippen LogP contribution in [-0.2, 0) is 14.3 Å². The smallest absolute Gasteiger partial charge is 0.407 e. The van der Waals surface area contributed by atoms with Crippen LogP contribution >= 0.6 is 11.8 Å². The van der Waals surface area contributed by atoms with E-state index in [2.05, 4.69) is 12.2 Å². The highest BCUT2D eigenvalue weighted by Crippen LogP contribution is 2.13. The van der Waals surface area contributed by atoms with Gasteiger partial charge in [0.15, 0.2) is 0 Å². The maximum Gasteiger partial charge on any atom is 0.407 e. The lowest BCUT2D eigenvalue weighted by molar-refractivity contribution is -0.146. The molecule has 0 aliphatic rings. The predicted molar refractivity (Wildman–Crippen MR) is 124 cm³/mol. The van der Waals surface area contributed by atoms with Crippen molar-refractivity contribution < 1.29 is 19.1 Å². The van der Waals surface area contributed by atoms with Crippen LogP contribution in [0.4, 0.5) is 4.79 Å². The summed E-state index contributed by atoms with van der Waals surface area (Å²) in [6, 6.07) is -0.641. The molecule has 172 valence electrons. The average molecular weight is 432 g/mol. The third kappa shape index (κ3) is 18.8. The average Bonchev–Trinajstić information content (AvgIpc) is 2.67. The zero-order valence-corrected chi connectivity index (χ0v) is 20.3. The van der Waals surface area contributed by atoms with Crippen LogP contribution in [0.3, 0.4) is 0 Å². The van der Waals surface area contributed by atoms with Gasteiger partial charge in [-0.25, -0.2) is 9.59 Å². The molecule has 1 atom stereocenters. The van der Waals surface area contributed by atoms with Gasteiger partial charge in [-0.05, 0) is 30.3 Å². The lowest BCUT2D eigenvalue weighted by atomic mass is 9.99. The molecular formula is C23H45NO4S. The number of esters is 1. The number of rotatable bonds is 17. The first-order chi connectivity index (χ1) is 13.8. The zero-order chi connectivity index (χ0) is 22.0. The van der Waals surface area contributed by atoms with Gasteiger partial charge in [-0.2, -0.15) is 11.8 Å². The van der Waals surface area contributed by atoms with E-state index in [1.165, 1.54) is 51.4 Å². The summed E-state index contributed by atoms with van der Waals surface area (Å²) in [6.45, 7) is 8.95. The normalized spacial score (nSPS) is 12.4. The monoisotopic (exact) mass is 431 g/mol. The van der Waals surface area contributed by atoms with Crippen molar-refractivity contribution in [1.29, 1.82) is 0 Å². The van der Waals surface area contributed by atoms with Gasteiger partial charge in [0.05, 0.1) is 13.2 Å². The molecule has 0 aliphatic heterocycles. The molecule has 0 radical (unpaired) electrons. The van der Waals surface area contributed by atoms with Crippen molar-refractivity contribution in [2.24, 2.45) is 5.41 Å². The molecule has 0 heterocycles. The summed E-state index contributed by atoms with van der Waals surface area (Å²) in [5.74, 6) is 0.417. The lowest BCUT2D eigenvalue weighted by Gasteiger charge is -2.21. The predicted octanol–water partition coefficient (Wildman–Crippen LogP) is 6.34. The summed E-state index contributed by atoms with van der Waals surface area (Å²) in [6.07, 6.45) is 14.4. The topological polar surface area (TPSA) is 64.6 Å². The van der Waals surface area contributed by atoms with Gasteiger partial charge in [-0.3, -0.25) is 0 Å². The van der Waals surface area contributed by atoms with Crippen molar-refractivity contribution in [2.45, 2.75) is 104 Å². The number of carbonyl (C=O) groups is 2. The molecule has 0 saturated heterocycles. The van der Waals surface area contributed by atoms with Crippen LogP contribution in [0.15, 0.2) is 0 Å². The van der Waals surface area contributed by atoms with Gasteiger partial charge < -0.3 is 14.8 Å². The van der Waals surface area contributed by atoms with Crippen molar-refractivity contribution >= 4 is 23.8 Å². The van der Waals surface area contributed by atoms with E-state index >= 15 is 0 Å². The van der Waals surface area contributed by atoms with Crippen LogP contribution in [0, 0.1) is 5.41 Å². The molecule has 1 unspecified atom stereocenters. The quantitative estimate of drug-likeness (QED) is 0.215. The number of thioether (sulfide) groups is 1. The highest BCUT2D eigenvalue weighted by molar-refractivity contribution is 7.98. The maximum atomic E-state index is 12.3. The van der Waals surface area contributed by atoms with E-state index in [0.29, 0.717) is 19.6 Å². The second-order valence-electron chi connectivity index (χ2n) is 8.96. The van der Waals surface area contributed by atoms with E-state index in [4.69, 9.17) is 9.47 Å². The van der Waals surface area contributed by atoms with Crippen molar-refractivity contribution in [3.8, 4) is 0 Å². The Morgan fingerprint density at radius 3 is 1.97 bits per heavy atom. The summed E-state index contributed by atoms with van der Waals surface area (Å²) in [7, 11) is 0. The number of hydrogen-bond donors (Lipinski definition) is 1. The molecule has 0 aromatic carbocycles. The summed E-state index contributed by atoms with van der Waals surface area (Å²) in [5.41, 5.74) is -0.109. The minimum Gasteiger partial charge on any atom is -0.464 e. The molecule has 0 spiro atoms. The fraction of sp³-hybridized carbons (Fsp3) is 0.913. The van der Waals surface area contributed by atoms with Gasteiger partial charge in [-0.15, -0.1) is 0 Å². The Kier molecular flexibility index (Phi) is 17.3. The van der Waals surface area contributed by atoms with Crippen LogP contribution < -0.4 is 5.32 Å². The second kappa shape index (κ2) is 17.9. The summed E-state index contributed by atoms with van der Waals surface area (Å²) in [5, 5.41) is 2.66. The van der Waals surface area contributed by atoms with Crippen LogP contribution in [0.1, 0.15) is 98.3 Å². The Morgan fingerprint density at radius 1 is 0.897 bits per heavy atom. The second-order valence-corrected chi connectivity index (χ2v) is 9.95. The molecule has 0 aromatic heterocycles. The SMILES string of the molecule is CCCCCCCCCCCCOC(=O)C(CCSC)NC(=O)OCC(C)(C)C. The molecule has 0 aliphatic carbocycles. The number of carbonyl (C=O) groups excluding carboxylic acids is 2. The Hall–Kier alpha value is -0.910. The van der Waals surface area contributed by atoms with Gasteiger partial charge in [0.1, 0.15) is 6.04 Å². The molecule has 0 saturated carbocycles. The number of unbranched alkanes of at least 4 members (excludes halogenated alkanes) is 9. The highest BCUT2D eigenvalue weighted by atomic mass is 32.2. The van der Waals surface area contributed by atoms with Crippen molar-refractivity contribution in [1.82, 2.24) is 5.32 Å². The number of nitrogens with one attached hydrogen (secondary N) is 1. The first-order valence-corrected chi connectivity index (χ1v) is 12.8. The van der Waals surface area contributed by atoms with Crippen molar-refractivity contribution in [2.75, 3.05) is 25.2 Å². The van der Waals surface area contributed by atoms with E-state index in [0.717, 1.165) is 18.6 Å². The number of hydrogen-bond acceptors (Lipinski definition) is 5. The third-order valence-electron chi connectivity index (χ3n) is 4.57. The molecule has 0 rings (SSSR count). The molecule has 6 heteroatoms. The first-order valence-electron chi connectivity index (χ1n) is 11.4. The van der Waals surface area contributed by atoms with Crippen LogP contribution in [0.2, 0.25) is 0 Å². The third-order valence-corrected chi connectivity index (χ3v) is 5.21. The fourth-order valence-corrected chi connectivity index (χ4v) is 3.28. The number of amides is 1. The molecule has 1 N–H and O–H groups in total. The highest BCUT2D eigenvalue weighted by Gasteiger charge is 2.23. The molecule has 29 heavy (non-hydrogen) atoms. The Labute approximate surface area is 183 Å². The zero-order valence-electron chi connectivity index (χ0n) is 19.5. The van der Waals surface area contributed by atoms with E-state index in [1.807, 2.05) is 27.0 Å². The van der Waals surface area contributed by atoms with E-state index < -0.39 is 12.1 Å². The Balaban J connectivity index is 3.96. The minimum atomic E-state index is -0.641.